The SMILES string of the molecule is CC/C=C\C/C=C\C/C=C\C/C=C\C/C=C\C/C=C\CCC(=O)OC[C@@H](COC(=O)CCCCCCC/C=C\CCCCC)OC(=O)CCCCCCCCC/C=C\CCCCCCCCCC. The molecule has 0 aromatic heterocycles. The second kappa shape index (κ2) is 55.9. The molecule has 0 amide bonds. The van der Waals surface area contributed by atoms with Gasteiger partial charge in [0.25, 0.3) is 0 Å². The number of hydrogen-bond acceptors (Lipinski definition) is 6. The van der Waals surface area contributed by atoms with Crippen LogP contribution in [0.4, 0.5) is 0 Å². The summed E-state index contributed by atoms with van der Waals surface area (Å²) in [6.45, 7) is 6.43. The smallest absolute Gasteiger partial charge is 0.306 e. The van der Waals surface area contributed by atoms with Gasteiger partial charge in [0.15, 0.2) is 6.10 Å². The Morgan fingerprint density at radius 2 is 0.603 bits per heavy atom. The summed E-state index contributed by atoms with van der Waals surface area (Å²) >= 11 is 0. The second-order valence-corrected chi connectivity index (χ2v) is 18.5. The third-order valence-electron chi connectivity index (χ3n) is 11.8. The number of carbonyl (C=O) groups is 3. The first-order valence-corrected chi connectivity index (χ1v) is 28.2. The molecule has 0 saturated carbocycles. The van der Waals surface area contributed by atoms with E-state index in [0.717, 1.165) is 89.9 Å². The van der Waals surface area contributed by atoms with Crippen molar-refractivity contribution in [3.05, 3.63) is 97.2 Å². The largest absolute Gasteiger partial charge is 0.462 e. The molecule has 0 aliphatic carbocycles. The van der Waals surface area contributed by atoms with Crippen LogP contribution in [0.1, 0.15) is 258 Å². The standard InChI is InChI=1S/C62H104O6/c1-4-7-10-13-16-19-22-25-27-29-31-33-35-37-40-43-46-49-52-55-61(64)67-58-59(57-66-60(63)54-51-48-45-42-39-24-21-18-15-12-9-6-3)68-62(65)56-53-50-47-44-41-38-36-34-32-30-28-26-23-20-17-14-11-8-5-2/h7,10,16,18-19,21,25,27,30-33,37,40,46,49,59H,4-6,8-9,11-15,17,20,22-24,26,28-29,34-36,38-39,41-45,47-48,50-58H2,1-3H3/b10-7-,19-16-,21-18-,27-25-,32-30-,33-31-,40-37-,49-46-/t59-/m1/s1. The fourth-order valence-electron chi connectivity index (χ4n) is 7.57. The first-order chi connectivity index (χ1) is 33.5. The predicted molar refractivity (Wildman–Crippen MR) is 293 cm³/mol. The lowest BCUT2D eigenvalue weighted by Crippen LogP contribution is -2.30. The van der Waals surface area contributed by atoms with Gasteiger partial charge < -0.3 is 14.2 Å². The number of esters is 3. The molecule has 0 N–H and O–H groups in total. The van der Waals surface area contributed by atoms with E-state index in [0.29, 0.717) is 19.3 Å². The molecule has 0 fully saturated rings. The number of allylic oxidation sites excluding steroid dienone is 16. The molecule has 0 aromatic carbocycles. The van der Waals surface area contributed by atoms with Gasteiger partial charge in [-0.25, -0.2) is 0 Å². The Kier molecular flexibility index (Phi) is 52.9. The van der Waals surface area contributed by atoms with Gasteiger partial charge in [-0.15, -0.1) is 0 Å². The van der Waals surface area contributed by atoms with Gasteiger partial charge in [-0.3, -0.25) is 14.4 Å². The lowest BCUT2D eigenvalue weighted by molar-refractivity contribution is -0.166. The number of ether oxygens (including phenoxy) is 3. The van der Waals surface area contributed by atoms with Crippen LogP contribution in [0.3, 0.4) is 0 Å². The zero-order valence-electron chi connectivity index (χ0n) is 44.3. The van der Waals surface area contributed by atoms with E-state index in [1.807, 2.05) is 6.08 Å². The molecule has 0 bridgehead atoms. The normalized spacial score (nSPS) is 12.8. The molecule has 0 rings (SSSR count). The third-order valence-corrected chi connectivity index (χ3v) is 11.8. The van der Waals surface area contributed by atoms with E-state index in [-0.39, 0.29) is 37.5 Å². The average molecular weight is 946 g/mol. The zero-order chi connectivity index (χ0) is 49.3. The van der Waals surface area contributed by atoms with Gasteiger partial charge in [-0.2, -0.15) is 0 Å². The van der Waals surface area contributed by atoms with E-state index in [2.05, 4.69) is 112 Å². The maximum atomic E-state index is 12.8. The van der Waals surface area contributed by atoms with Crippen molar-refractivity contribution in [1.82, 2.24) is 0 Å². The minimum absolute atomic E-state index is 0.107. The van der Waals surface area contributed by atoms with Crippen molar-refractivity contribution in [2.75, 3.05) is 13.2 Å². The van der Waals surface area contributed by atoms with Crippen molar-refractivity contribution in [3.63, 3.8) is 0 Å². The van der Waals surface area contributed by atoms with Crippen LogP contribution in [0.5, 0.6) is 0 Å². The fraction of sp³-hybridized carbons (Fsp3) is 0.694. The van der Waals surface area contributed by atoms with Crippen molar-refractivity contribution in [2.24, 2.45) is 0 Å². The minimum Gasteiger partial charge on any atom is -0.462 e. The maximum absolute atomic E-state index is 12.8. The first-order valence-electron chi connectivity index (χ1n) is 28.2. The molecule has 0 unspecified atom stereocenters. The highest BCUT2D eigenvalue weighted by Gasteiger charge is 2.19. The van der Waals surface area contributed by atoms with Gasteiger partial charge in [0, 0.05) is 19.3 Å². The minimum atomic E-state index is -0.814. The molecule has 1 atom stereocenters. The molecule has 68 heavy (non-hydrogen) atoms. The van der Waals surface area contributed by atoms with Gasteiger partial charge in [0.2, 0.25) is 0 Å². The molecule has 0 aromatic rings. The molecule has 388 valence electrons. The van der Waals surface area contributed by atoms with Crippen LogP contribution in [0.25, 0.3) is 0 Å². The molecular formula is C62H104O6. The maximum Gasteiger partial charge on any atom is 0.306 e. The van der Waals surface area contributed by atoms with Gasteiger partial charge >= 0.3 is 17.9 Å². The summed E-state index contributed by atoms with van der Waals surface area (Å²) < 4.78 is 16.8. The van der Waals surface area contributed by atoms with Crippen molar-refractivity contribution >= 4 is 17.9 Å². The fourth-order valence-corrected chi connectivity index (χ4v) is 7.57. The molecule has 0 aliphatic rings. The summed E-state index contributed by atoms with van der Waals surface area (Å²) in [5.74, 6) is -1.01. The van der Waals surface area contributed by atoms with E-state index in [1.165, 1.54) is 122 Å². The number of hydrogen-bond donors (Lipinski definition) is 0. The number of unbranched alkanes of at least 4 members (excludes halogenated alkanes) is 23. The molecule has 6 heteroatoms. The Morgan fingerprint density at radius 1 is 0.309 bits per heavy atom. The molecular weight excluding hydrogens is 841 g/mol. The summed E-state index contributed by atoms with van der Waals surface area (Å²) in [6.07, 6.45) is 74.1. The Bertz CT molecular complexity index is 1360. The van der Waals surface area contributed by atoms with Crippen molar-refractivity contribution in [3.8, 4) is 0 Å². The van der Waals surface area contributed by atoms with Crippen LogP contribution in [-0.4, -0.2) is 37.2 Å². The molecule has 0 saturated heterocycles. The Balaban J connectivity index is 4.48. The van der Waals surface area contributed by atoms with Crippen LogP contribution in [0, 0.1) is 0 Å². The number of rotatable bonds is 50. The molecule has 6 nitrogen and oxygen atoms in total. The van der Waals surface area contributed by atoms with Crippen LogP contribution < -0.4 is 0 Å². The zero-order valence-corrected chi connectivity index (χ0v) is 44.3. The van der Waals surface area contributed by atoms with Crippen LogP contribution >= 0.6 is 0 Å². The van der Waals surface area contributed by atoms with Crippen molar-refractivity contribution in [1.29, 1.82) is 0 Å². The highest BCUT2D eigenvalue weighted by molar-refractivity contribution is 5.71. The van der Waals surface area contributed by atoms with Crippen LogP contribution in [-0.2, 0) is 28.6 Å². The van der Waals surface area contributed by atoms with Crippen LogP contribution in [0.2, 0.25) is 0 Å². The van der Waals surface area contributed by atoms with Crippen molar-refractivity contribution < 1.29 is 28.6 Å². The topological polar surface area (TPSA) is 78.9 Å². The molecule has 0 radical (unpaired) electrons. The molecule has 0 aliphatic heterocycles. The van der Waals surface area contributed by atoms with E-state index in [9.17, 15) is 14.4 Å². The summed E-state index contributed by atoms with van der Waals surface area (Å²) in [6, 6.07) is 0. The molecule has 0 spiro atoms. The lowest BCUT2D eigenvalue weighted by atomic mass is 10.1. The molecule has 0 heterocycles. The van der Waals surface area contributed by atoms with Gasteiger partial charge in [0.1, 0.15) is 13.2 Å². The summed E-state index contributed by atoms with van der Waals surface area (Å²) in [4.78, 5) is 38.1. The van der Waals surface area contributed by atoms with Crippen molar-refractivity contribution in [2.45, 2.75) is 264 Å². The average Bonchev–Trinajstić information content (AvgIpc) is 3.34. The Hall–Kier alpha value is -3.67. The van der Waals surface area contributed by atoms with E-state index in [1.54, 1.807) is 0 Å². The summed E-state index contributed by atoms with van der Waals surface area (Å²) in [5, 5.41) is 0. The first kappa shape index (κ1) is 64.3. The Labute approximate surface area is 419 Å². The Morgan fingerprint density at radius 3 is 1.01 bits per heavy atom. The second-order valence-electron chi connectivity index (χ2n) is 18.5. The summed E-state index contributed by atoms with van der Waals surface area (Å²) in [5.41, 5.74) is 0. The van der Waals surface area contributed by atoms with Gasteiger partial charge in [-0.05, 0) is 109 Å². The van der Waals surface area contributed by atoms with E-state index >= 15 is 0 Å². The lowest BCUT2D eigenvalue weighted by Gasteiger charge is -2.18. The van der Waals surface area contributed by atoms with Crippen LogP contribution in [0.15, 0.2) is 97.2 Å². The number of carbonyl (C=O) groups excluding carboxylic acids is 3. The van der Waals surface area contributed by atoms with E-state index in [4.69, 9.17) is 14.2 Å². The van der Waals surface area contributed by atoms with Gasteiger partial charge in [0.05, 0.1) is 0 Å². The van der Waals surface area contributed by atoms with E-state index < -0.39 is 6.10 Å². The van der Waals surface area contributed by atoms with Gasteiger partial charge in [-0.1, -0.05) is 227 Å². The highest BCUT2D eigenvalue weighted by atomic mass is 16.6. The third kappa shape index (κ3) is 53.3. The monoisotopic (exact) mass is 945 g/mol. The summed E-state index contributed by atoms with van der Waals surface area (Å²) in [7, 11) is 0. The quantitative estimate of drug-likeness (QED) is 0.0262. The predicted octanol–water partition coefficient (Wildman–Crippen LogP) is 18.9. The highest BCUT2D eigenvalue weighted by Crippen LogP contribution is 2.14.